The van der Waals surface area contributed by atoms with Crippen molar-refractivity contribution in [2.45, 2.75) is 19.3 Å². The Kier molecular flexibility index (Phi) is 6.24. The highest BCUT2D eigenvalue weighted by Gasteiger charge is 2.14. The third kappa shape index (κ3) is 4.84. The van der Waals surface area contributed by atoms with Gasteiger partial charge in [0.2, 0.25) is 0 Å². The number of nitro groups is 1. The third-order valence-corrected chi connectivity index (χ3v) is 2.83. The molecular formula is C12H15ClN2O4. The van der Waals surface area contributed by atoms with Crippen LogP contribution in [0.1, 0.15) is 29.6 Å². The summed E-state index contributed by atoms with van der Waals surface area (Å²) in [6.45, 7) is 0.638. The third-order valence-electron chi connectivity index (χ3n) is 2.53. The molecule has 104 valence electrons. The Labute approximate surface area is 115 Å². The molecule has 0 saturated carbocycles. The normalized spacial score (nSPS) is 10.2. The van der Waals surface area contributed by atoms with E-state index in [-0.39, 0.29) is 28.8 Å². The van der Waals surface area contributed by atoms with Gasteiger partial charge in [-0.15, -0.1) is 0 Å². The van der Waals surface area contributed by atoms with E-state index in [1.54, 1.807) is 0 Å². The highest BCUT2D eigenvalue weighted by molar-refractivity contribution is 6.33. The van der Waals surface area contributed by atoms with Gasteiger partial charge in [0.05, 0.1) is 4.92 Å². The smallest absolute Gasteiger partial charge is 0.287 e. The number of benzene rings is 1. The van der Waals surface area contributed by atoms with Crippen molar-refractivity contribution in [2.75, 3.05) is 13.2 Å². The molecule has 0 aliphatic rings. The van der Waals surface area contributed by atoms with Crippen LogP contribution in [0.2, 0.25) is 5.02 Å². The molecule has 1 amide bonds. The molecule has 1 aromatic carbocycles. The van der Waals surface area contributed by atoms with E-state index in [1.807, 2.05) is 0 Å². The average Bonchev–Trinajstić information content (AvgIpc) is 2.37. The molecule has 0 spiro atoms. The highest BCUT2D eigenvalue weighted by Crippen LogP contribution is 2.24. The van der Waals surface area contributed by atoms with Crippen molar-refractivity contribution in [1.82, 2.24) is 5.32 Å². The number of nitro benzene ring substituents is 1. The van der Waals surface area contributed by atoms with Crippen molar-refractivity contribution in [3.8, 4) is 0 Å². The molecule has 0 aromatic heterocycles. The Morgan fingerprint density at radius 3 is 2.68 bits per heavy atom. The Hall–Kier alpha value is -1.66. The van der Waals surface area contributed by atoms with Gasteiger partial charge in [-0.1, -0.05) is 11.6 Å². The summed E-state index contributed by atoms with van der Waals surface area (Å²) in [6.07, 6.45) is 2.31. The van der Waals surface area contributed by atoms with Gasteiger partial charge in [0.1, 0.15) is 5.02 Å². The maximum absolute atomic E-state index is 11.7. The number of aliphatic hydroxyl groups excluding tert-OH is 1. The number of amides is 1. The van der Waals surface area contributed by atoms with Crippen molar-refractivity contribution in [1.29, 1.82) is 0 Å². The van der Waals surface area contributed by atoms with Gasteiger partial charge in [-0.05, 0) is 31.4 Å². The monoisotopic (exact) mass is 286 g/mol. The summed E-state index contributed by atoms with van der Waals surface area (Å²) in [7, 11) is 0. The topological polar surface area (TPSA) is 92.5 Å². The summed E-state index contributed by atoms with van der Waals surface area (Å²) in [5.74, 6) is -0.319. The Bertz CT molecular complexity index is 465. The van der Waals surface area contributed by atoms with Gasteiger partial charge in [0, 0.05) is 24.8 Å². The molecule has 0 aliphatic carbocycles. The van der Waals surface area contributed by atoms with Crippen LogP contribution < -0.4 is 5.32 Å². The predicted octanol–water partition coefficient (Wildman–Crippen LogP) is 2.14. The lowest BCUT2D eigenvalue weighted by atomic mass is 10.2. The SMILES string of the molecule is O=C(NCCCCCO)c1ccc([N+](=O)[O-])c(Cl)c1. The van der Waals surface area contributed by atoms with E-state index >= 15 is 0 Å². The summed E-state index contributed by atoms with van der Waals surface area (Å²) in [5.41, 5.74) is 0.0684. The number of hydrogen-bond acceptors (Lipinski definition) is 4. The average molecular weight is 287 g/mol. The number of halogens is 1. The van der Waals surface area contributed by atoms with E-state index in [9.17, 15) is 14.9 Å². The first-order valence-corrected chi connectivity index (χ1v) is 6.27. The van der Waals surface area contributed by atoms with Crippen LogP contribution in [-0.2, 0) is 0 Å². The lowest BCUT2D eigenvalue weighted by molar-refractivity contribution is -0.384. The van der Waals surface area contributed by atoms with Crippen molar-refractivity contribution < 1.29 is 14.8 Å². The predicted molar refractivity (Wildman–Crippen MR) is 71.4 cm³/mol. The number of carbonyl (C=O) groups is 1. The largest absolute Gasteiger partial charge is 0.396 e. The number of nitrogens with one attached hydrogen (secondary N) is 1. The number of carbonyl (C=O) groups excluding carboxylic acids is 1. The van der Waals surface area contributed by atoms with Gasteiger partial charge < -0.3 is 10.4 Å². The van der Waals surface area contributed by atoms with Crippen LogP contribution in [0.3, 0.4) is 0 Å². The first-order chi connectivity index (χ1) is 9.06. The molecule has 7 heteroatoms. The minimum Gasteiger partial charge on any atom is -0.396 e. The zero-order valence-corrected chi connectivity index (χ0v) is 11.0. The molecule has 0 unspecified atom stereocenters. The fraction of sp³-hybridized carbons (Fsp3) is 0.417. The minimum atomic E-state index is -0.598. The fourth-order valence-electron chi connectivity index (χ4n) is 1.51. The molecule has 0 atom stereocenters. The molecule has 0 radical (unpaired) electrons. The summed E-state index contributed by atoms with van der Waals surface area (Å²) in [4.78, 5) is 21.7. The van der Waals surface area contributed by atoms with Crippen molar-refractivity contribution in [3.05, 3.63) is 38.9 Å². The standard InChI is InChI=1S/C12H15ClN2O4/c13-10-8-9(4-5-11(10)15(18)19)12(17)14-6-2-1-3-7-16/h4-5,8,16H,1-3,6-7H2,(H,14,17). The second-order valence-corrected chi connectivity index (χ2v) is 4.37. The van der Waals surface area contributed by atoms with E-state index < -0.39 is 4.92 Å². The van der Waals surface area contributed by atoms with Gasteiger partial charge in [0.25, 0.3) is 11.6 Å². The molecule has 0 bridgehead atoms. The molecule has 0 saturated heterocycles. The molecule has 19 heavy (non-hydrogen) atoms. The second-order valence-electron chi connectivity index (χ2n) is 3.96. The zero-order chi connectivity index (χ0) is 14.3. The minimum absolute atomic E-state index is 0.0575. The van der Waals surface area contributed by atoms with Gasteiger partial charge in [0.15, 0.2) is 0 Å². The Balaban J connectivity index is 2.53. The van der Waals surface area contributed by atoms with Crippen molar-refractivity contribution >= 4 is 23.2 Å². The van der Waals surface area contributed by atoms with Crippen LogP contribution in [0.15, 0.2) is 18.2 Å². The van der Waals surface area contributed by atoms with E-state index in [2.05, 4.69) is 5.32 Å². The van der Waals surface area contributed by atoms with Gasteiger partial charge in [-0.2, -0.15) is 0 Å². The molecule has 2 N–H and O–H groups in total. The fourth-order valence-corrected chi connectivity index (χ4v) is 1.76. The van der Waals surface area contributed by atoms with Crippen LogP contribution in [-0.4, -0.2) is 29.1 Å². The number of hydrogen-bond donors (Lipinski definition) is 2. The molecule has 1 aromatic rings. The first kappa shape index (κ1) is 15.4. The molecule has 0 heterocycles. The summed E-state index contributed by atoms with van der Waals surface area (Å²) in [5, 5.41) is 21.8. The second kappa shape index (κ2) is 7.70. The quantitative estimate of drug-likeness (QED) is 0.456. The van der Waals surface area contributed by atoms with E-state index in [4.69, 9.17) is 16.7 Å². The van der Waals surface area contributed by atoms with Crippen LogP contribution in [0, 0.1) is 10.1 Å². The van der Waals surface area contributed by atoms with Crippen molar-refractivity contribution in [3.63, 3.8) is 0 Å². The number of rotatable bonds is 7. The molecule has 0 fully saturated rings. The van der Waals surface area contributed by atoms with Gasteiger partial charge in [-0.25, -0.2) is 0 Å². The van der Waals surface area contributed by atoms with Gasteiger partial charge >= 0.3 is 0 Å². The van der Waals surface area contributed by atoms with Crippen LogP contribution in [0.25, 0.3) is 0 Å². The van der Waals surface area contributed by atoms with Crippen LogP contribution in [0.4, 0.5) is 5.69 Å². The molecule has 1 rings (SSSR count). The number of aliphatic hydroxyl groups is 1. The van der Waals surface area contributed by atoms with E-state index in [0.717, 1.165) is 12.8 Å². The zero-order valence-electron chi connectivity index (χ0n) is 10.3. The molecule has 0 aliphatic heterocycles. The summed E-state index contributed by atoms with van der Waals surface area (Å²) >= 11 is 5.72. The number of nitrogens with zero attached hydrogens (tertiary/aromatic N) is 1. The summed E-state index contributed by atoms with van der Waals surface area (Å²) < 4.78 is 0. The summed E-state index contributed by atoms with van der Waals surface area (Å²) in [6, 6.07) is 3.86. The maximum atomic E-state index is 11.7. The Morgan fingerprint density at radius 2 is 2.11 bits per heavy atom. The van der Waals surface area contributed by atoms with E-state index in [0.29, 0.717) is 13.0 Å². The number of unbranched alkanes of at least 4 members (excludes halogenated alkanes) is 2. The first-order valence-electron chi connectivity index (χ1n) is 5.89. The van der Waals surface area contributed by atoms with Crippen LogP contribution in [0.5, 0.6) is 0 Å². The van der Waals surface area contributed by atoms with E-state index in [1.165, 1.54) is 18.2 Å². The maximum Gasteiger partial charge on any atom is 0.287 e. The molecular weight excluding hydrogens is 272 g/mol. The van der Waals surface area contributed by atoms with Crippen molar-refractivity contribution in [2.24, 2.45) is 0 Å². The lowest BCUT2D eigenvalue weighted by Gasteiger charge is -2.05. The molecule has 6 nitrogen and oxygen atoms in total. The van der Waals surface area contributed by atoms with Gasteiger partial charge in [-0.3, -0.25) is 14.9 Å². The lowest BCUT2D eigenvalue weighted by Crippen LogP contribution is -2.24. The Morgan fingerprint density at radius 1 is 1.37 bits per heavy atom. The van der Waals surface area contributed by atoms with Crippen LogP contribution >= 0.6 is 11.6 Å². The highest BCUT2D eigenvalue weighted by atomic mass is 35.5.